The summed E-state index contributed by atoms with van der Waals surface area (Å²) >= 11 is 1.55. The normalized spacial score (nSPS) is 15.0. The number of hydrogen-bond donors (Lipinski definition) is 2. The summed E-state index contributed by atoms with van der Waals surface area (Å²) in [7, 11) is -3.82. The van der Waals surface area contributed by atoms with Crippen molar-refractivity contribution in [3.8, 4) is 0 Å². The van der Waals surface area contributed by atoms with Crippen LogP contribution in [0.3, 0.4) is 0 Å². The zero-order chi connectivity index (χ0) is 18.9. The standard InChI is InChI=1S/C19H24N2O3S2/c1-12-9-15(26(20,23)24)11-16(13(12)2)21-19(22)18-10-14-7-5-3-4-6-8-17(14)25-18/h9-11H,3-8H2,1-2H3,(H,21,22)(H2,20,23,24). The van der Waals surface area contributed by atoms with Crippen LogP contribution in [0, 0.1) is 13.8 Å². The van der Waals surface area contributed by atoms with Crippen molar-refractivity contribution in [2.24, 2.45) is 5.14 Å². The number of hydrogen-bond acceptors (Lipinski definition) is 4. The first-order valence-corrected chi connectivity index (χ1v) is 11.2. The quantitative estimate of drug-likeness (QED) is 0.829. The van der Waals surface area contributed by atoms with Gasteiger partial charge in [0.15, 0.2) is 0 Å². The minimum Gasteiger partial charge on any atom is -0.321 e. The highest BCUT2D eigenvalue weighted by atomic mass is 32.2. The van der Waals surface area contributed by atoms with Crippen molar-refractivity contribution in [3.05, 3.63) is 44.6 Å². The van der Waals surface area contributed by atoms with E-state index in [4.69, 9.17) is 5.14 Å². The predicted octanol–water partition coefficient (Wildman–Crippen LogP) is 3.92. The number of rotatable bonds is 3. The van der Waals surface area contributed by atoms with E-state index < -0.39 is 10.0 Å². The first kappa shape index (κ1) is 19.1. The number of carbonyl (C=O) groups excluding carboxylic acids is 1. The maximum Gasteiger partial charge on any atom is 0.265 e. The Labute approximate surface area is 158 Å². The number of fused-ring (bicyclic) bond motifs is 1. The minimum atomic E-state index is -3.82. The topological polar surface area (TPSA) is 89.3 Å². The van der Waals surface area contributed by atoms with Gasteiger partial charge in [0.25, 0.3) is 5.91 Å². The van der Waals surface area contributed by atoms with E-state index in [9.17, 15) is 13.2 Å². The lowest BCUT2D eigenvalue weighted by Crippen LogP contribution is -2.16. The zero-order valence-electron chi connectivity index (χ0n) is 15.1. The second-order valence-corrected chi connectivity index (χ2v) is 9.58. The Hall–Kier alpha value is -1.70. The number of anilines is 1. The number of sulfonamides is 1. The molecule has 0 unspecified atom stereocenters. The molecule has 0 saturated carbocycles. The van der Waals surface area contributed by atoms with Gasteiger partial charge in [-0.25, -0.2) is 13.6 Å². The highest BCUT2D eigenvalue weighted by molar-refractivity contribution is 7.89. The molecule has 0 radical (unpaired) electrons. The van der Waals surface area contributed by atoms with Crippen LogP contribution in [0.2, 0.25) is 0 Å². The number of nitrogens with one attached hydrogen (secondary N) is 1. The Bertz CT molecular complexity index is 920. The third kappa shape index (κ3) is 4.16. The summed E-state index contributed by atoms with van der Waals surface area (Å²) in [6.45, 7) is 3.65. The van der Waals surface area contributed by atoms with Crippen molar-refractivity contribution in [1.82, 2.24) is 0 Å². The summed E-state index contributed by atoms with van der Waals surface area (Å²) in [5.74, 6) is -0.198. The van der Waals surface area contributed by atoms with Crippen LogP contribution in [0.25, 0.3) is 0 Å². The number of nitrogens with two attached hydrogens (primary N) is 1. The van der Waals surface area contributed by atoms with Gasteiger partial charge in [-0.1, -0.05) is 12.8 Å². The van der Waals surface area contributed by atoms with Crippen LogP contribution >= 0.6 is 11.3 Å². The van der Waals surface area contributed by atoms with Crippen LogP contribution in [0.1, 0.15) is 56.9 Å². The van der Waals surface area contributed by atoms with Gasteiger partial charge in [-0.15, -0.1) is 11.3 Å². The maximum absolute atomic E-state index is 12.7. The predicted molar refractivity (Wildman–Crippen MR) is 105 cm³/mol. The lowest BCUT2D eigenvalue weighted by Gasteiger charge is -2.12. The summed E-state index contributed by atoms with van der Waals surface area (Å²) < 4.78 is 23.3. The Balaban J connectivity index is 1.89. The van der Waals surface area contributed by atoms with E-state index in [1.165, 1.54) is 48.3 Å². The molecule has 1 heterocycles. The molecule has 0 fully saturated rings. The average Bonchev–Trinajstić information content (AvgIpc) is 2.93. The van der Waals surface area contributed by atoms with E-state index in [-0.39, 0.29) is 10.8 Å². The summed E-state index contributed by atoms with van der Waals surface area (Å²) in [5, 5.41) is 8.12. The fourth-order valence-corrected chi connectivity index (χ4v) is 5.03. The lowest BCUT2D eigenvalue weighted by atomic mass is 10.00. The summed E-state index contributed by atoms with van der Waals surface area (Å²) in [6, 6.07) is 4.95. The second kappa shape index (κ2) is 7.50. The number of carbonyl (C=O) groups is 1. The molecule has 0 aliphatic heterocycles. The molecule has 0 saturated heterocycles. The summed E-state index contributed by atoms with van der Waals surface area (Å²) in [6.07, 6.45) is 6.89. The van der Waals surface area contributed by atoms with Crippen molar-refractivity contribution in [1.29, 1.82) is 0 Å². The van der Waals surface area contributed by atoms with Crippen molar-refractivity contribution in [2.75, 3.05) is 5.32 Å². The van der Waals surface area contributed by atoms with E-state index in [2.05, 4.69) is 5.32 Å². The van der Waals surface area contributed by atoms with Crippen LogP contribution in [0.15, 0.2) is 23.1 Å². The maximum atomic E-state index is 12.7. The SMILES string of the molecule is Cc1cc(S(N)(=O)=O)cc(NC(=O)c2cc3c(s2)CCCCCC3)c1C. The smallest absolute Gasteiger partial charge is 0.265 e. The fourth-order valence-electron chi connectivity index (χ4n) is 3.26. The van der Waals surface area contributed by atoms with Gasteiger partial charge in [-0.3, -0.25) is 4.79 Å². The molecule has 1 amide bonds. The minimum absolute atomic E-state index is 0.00866. The van der Waals surface area contributed by atoms with Crippen molar-refractivity contribution < 1.29 is 13.2 Å². The Morgan fingerprint density at radius 3 is 2.46 bits per heavy atom. The molecule has 5 nitrogen and oxygen atoms in total. The van der Waals surface area contributed by atoms with E-state index in [0.717, 1.165) is 24.0 Å². The molecule has 1 aliphatic rings. The average molecular weight is 393 g/mol. The molecule has 7 heteroatoms. The van der Waals surface area contributed by atoms with Gasteiger partial charge in [0, 0.05) is 10.6 Å². The van der Waals surface area contributed by atoms with Crippen molar-refractivity contribution >= 4 is 33.0 Å². The monoisotopic (exact) mass is 392 g/mol. The van der Waals surface area contributed by atoms with Gasteiger partial charge in [0.1, 0.15) is 0 Å². The Morgan fingerprint density at radius 1 is 1.08 bits per heavy atom. The van der Waals surface area contributed by atoms with Gasteiger partial charge in [-0.05, 0) is 74.4 Å². The van der Waals surface area contributed by atoms with Crippen LogP contribution in [-0.2, 0) is 22.9 Å². The molecule has 26 heavy (non-hydrogen) atoms. The first-order chi connectivity index (χ1) is 12.3. The zero-order valence-corrected chi connectivity index (χ0v) is 16.7. The largest absolute Gasteiger partial charge is 0.321 e. The van der Waals surface area contributed by atoms with E-state index in [1.807, 2.05) is 13.0 Å². The van der Waals surface area contributed by atoms with Crippen molar-refractivity contribution in [2.45, 2.75) is 57.3 Å². The molecule has 3 rings (SSSR count). The number of amides is 1. The molecule has 1 aliphatic carbocycles. The van der Waals surface area contributed by atoms with Gasteiger partial charge < -0.3 is 5.32 Å². The lowest BCUT2D eigenvalue weighted by molar-refractivity contribution is 0.103. The number of aryl methyl sites for hydroxylation is 3. The van der Waals surface area contributed by atoms with Gasteiger partial charge in [-0.2, -0.15) is 0 Å². The van der Waals surface area contributed by atoms with Crippen LogP contribution in [-0.4, -0.2) is 14.3 Å². The van der Waals surface area contributed by atoms with E-state index >= 15 is 0 Å². The highest BCUT2D eigenvalue weighted by Gasteiger charge is 2.18. The number of thiophene rings is 1. The number of primary sulfonamides is 1. The van der Waals surface area contributed by atoms with Gasteiger partial charge >= 0.3 is 0 Å². The molecule has 1 aromatic heterocycles. The van der Waals surface area contributed by atoms with Gasteiger partial charge in [0.05, 0.1) is 9.77 Å². The molecule has 3 N–H and O–H groups in total. The van der Waals surface area contributed by atoms with Crippen LogP contribution in [0.4, 0.5) is 5.69 Å². The molecular formula is C19H24N2O3S2. The van der Waals surface area contributed by atoms with Crippen LogP contribution in [0.5, 0.6) is 0 Å². The van der Waals surface area contributed by atoms with Crippen LogP contribution < -0.4 is 10.5 Å². The van der Waals surface area contributed by atoms with Crippen molar-refractivity contribution in [3.63, 3.8) is 0 Å². The summed E-state index contributed by atoms with van der Waals surface area (Å²) in [5.41, 5.74) is 3.37. The Kier molecular flexibility index (Phi) is 5.50. The van der Waals surface area contributed by atoms with Gasteiger partial charge in [0.2, 0.25) is 10.0 Å². The number of benzene rings is 1. The molecule has 0 spiro atoms. The molecule has 140 valence electrons. The molecular weight excluding hydrogens is 368 g/mol. The second-order valence-electron chi connectivity index (χ2n) is 6.89. The first-order valence-electron chi connectivity index (χ1n) is 8.82. The van der Waals surface area contributed by atoms with E-state index in [0.29, 0.717) is 10.6 Å². The third-order valence-electron chi connectivity index (χ3n) is 4.94. The van der Waals surface area contributed by atoms with E-state index in [1.54, 1.807) is 18.3 Å². The fraction of sp³-hybridized carbons (Fsp3) is 0.421. The molecule has 0 atom stereocenters. The highest BCUT2D eigenvalue weighted by Crippen LogP contribution is 2.30. The molecule has 0 bridgehead atoms. The molecule has 2 aromatic rings. The molecule has 1 aromatic carbocycles. The Morgan fingerprint density at radius 2 is 1.77 bits per heavy atom. The third-order valence-corrected chi connectivity index (χ3v) is 7.07. The summed E-state index contributed by atoms with van der Waals surface area (Å²) in [4.78, 5) is 14.7.